The smallest absolute Gasteiger partial charge is 0.248 e. The highest BCUT2D eigenvalue weighted by atomic mass is 79.9. The van der Waals surface area contributed by atoms with Gasteiger partial charge >= 0.3 is 0 Å². The molecule has 4 aromatic rings. The van der Waals surface area contributed by atoms with Gasteiger partial charge in [0.2, 0.25) is 5.88 Å². The molecule has 1 aliphatic heterocycles. The molecule has 0 aliphatic carbocycles. The van der Waals surface area contributed by atoms with E-state index in [4.69, 9.17) is 10.5 Å². The summed E-state index contributed by atoms with van der Waals surface area (Å²) in [6.45, 7) is 7.76. The second-order valence-electron chi connectivity index (χ2n) is 8.16. The number of hydrogen-bond acceptors (Lipinski definition) is 7. The monoisotopic (exact) mass is 504 g/mol. The van der Waals surface area contributed by atoms with Gasteiger partial charge in [0.05, 0.1) is 0 Å². The van der Waals surface area contributed by atoms with E-state index >= 15 is 0 Å². The molecule has 1 aliphatic rings. The van der Waals surface area contributed by atoms with Crippen LogP contribution >= 0.6 is 15.9 Å². The first-order valence-corrected chi connectivity index (χ1v) is 11.7. The standard InChI is InChI=1S/C25H25BrN6O/c1-16-5-3-7-20(17(16)2)31-11-13-32(14-12-31)24-22(27)25(30-15-29-24)33-21-9-8-19(26)18-6-4-10-28-23(18)21/h3-10,15H,11-14,27H2,1-2H3. The van der Waals surface area contributed by atoms with Crippen LogP contribution in [0.4, 0.5) is 17.2 Å². The summed E-state index contributed by atoms with van der Waals surface area (Å²) in [6, 6.07) is 14.2. The highest BCUT2D eigenvalue weighted by Crippen LogP contribution is 2.36. The Morgan fingerprint density at radius 2 is 1.70 bits per heavy atom. The van der Waals surface area contributed by atoms with E-state index in [1.54, 1.807) is 6.20 Å². The summed E-state index contributed by atoms with van der Waals surface area (Å²) in [6.07, 6.45) is 3.25. The molecule has 0 bridgehead atoms. The fraction of sp³-hybridized carbons (Fsp3) is 0.240. The third kappa shape index (κ3) is 4.06. The van der Waals surface area contributed by atoms with Crippen molar-refractivity contribution in [3.05, 3.63) is 70.6 Å². The molecular weight excluding hydrogens is 480 g/mol. The second-order valence-corrected chi connectivity index (χ2v) is 9.01. The van der Waals surface area contributed by atoms with Crippen LogP contribution in [-0.4, -0.2) is 41.1 Å². The Kier molecular flexibility index (Phi) is 5.76. The molecule has 2 aromatic heterocycles. The van der Waals surface area contributed by atoms with E-state index in [2.05, 4.69) is 72.7 Å². The number of nitrogens with two attached hydrogens (primary N) is 1. The van der Waals surface area contributed by atoms with Crippen LogP contribution in [0.5, 0.6) is 11.6 Å². The van der Waals surface area contributed by atoms with E-state index in [9.17, 15) is 0 Å². The summed E-state index contributed by atoms with van der Waals surface area (Å²) in [4.78, 5) is 17.9. The van der Waals surface area contributed by atoms with Gasteiger partial charge in [0.25, 0.3) is 0 Å². The number of anilines is 3. The molecule has 5 rings (SSSR count). The maximum Gasteiger partial charge on any atom is 0.248 e. The van der Waals surface area contributed by atoms with Crippen molar-refractivity contribution < 1.29 is 4.74 Å². The van der Waals surface area contributed by atoms with Gasteiger partial charge in [-0.3, -0.25) is 4.98 Å². The molecule has 168 valence electrons. The van der Waals surface area contributed by atoms with Crippen molar-refractivity contribution in [1.82, 2.24) is 15.0 Å². The third-order valence-electron chi connectivity index (χ3n) is 6.21. The number of ether oxygens (including phenoxy) is 1. The van der Waals surface area contributed by atoms with Crippen molar-refractivity contribution in [1.29, 1.82) is 0 Å². The Morgan fingerprint density at radius 1 is 0.909 bits per heavy atom. The average Bonchev–Trinajstić information content (AvgIpc) is 2.84. The summed E-state index contributed by atoms with van der Waals surface area (Å²) in [5, 5.41) is 0.963. The van der Waals surface area contributed by atoms with Gasteiger partial charge in [-0.05, 0) is 49.2 Å². The molecule has 0 radical (unpaired) electrons. The minimum absolute atomic E-state index is 0.339. The van der Waals surface area contributed by atoms with Gasteiger partial charge in [-0.2, -0.15) is 4.98 Å². The Hall–Kier alpha value is -3.39. The van der Waals surface area contributed by atoms with Gasteiger partial charge in [0.15, 0.2) is 11.6 Å². The number of nitrogen functional groups attached to an aromatic ring is 1. The van der Waals surface area contributed by atoms with Gasteiger partial charge in [-0.25, -0.2) is 4.98 Å². The van der Waals surface area contributed by atoms with Crippen molar-refractivity contribution in [2.24, 2.45) is 0 Å². The fourth-order valence-corrected chi connectivity index (χ4v) is 4.69. The Morgan fingerprint density at radius 3 is 2.52 bits per heavy atom. The minimum atomic E-state index is 0.339. The van der Waals surface area contributed by atoms with E-state index < -0.39 is 0 Å². The number of benzene rings is 2. The first-order valence-electron chi connectivity index (χ1n) is 10.9. The highest BCUT2D eigenvalue weighted by molar-refractivity contribution is 9.10. The molecule has 2 aromatic carbocycles. The highest BCUT2D eigenvalue weighted by Gasteiger charge is 2.23. The summed E-state index contributed by atoms with van der Waals surface area (Å²) in [5.74, 6) is 1.64. The number of piperazine rings is 1. The lowest BCUT2D eigenvalue weighted by Crippen LogP contribution is -2.47. The number of rotatable bonds is 4. The summed E-state index contributed by atoms with van der Waals surface area (Å²) < 4.78 is 7.09. The molecule has 7 nitrogen and oxygen atoms in total. The molecule has 1 fully saturated rings. The normalized spacial score (nSPS) is 14.0. The Balaban J connectivity index is 1.37. The zero-order valence-electron chi connectivity index (χ0n) is 18.6. The number of aryl methyl sites for hydroxylation is 1. The Bertz CT molecular complexity index is 1320. The molecule has 33 heavy (non-hydrogen) atoms. The summed E-state index contributed by atoms with van der Waals surface area (Å²) in [7, 11) is 0. The van der Waals surface area contributed by atoms with Crippen LogP contribution in [0.1, 0.15) is 11.1 Å². The molecule has 0 amide bonds. The van der Waals surface area contributed by atoms with Crippen LogP contribution in [0.25, 0.3) is 10.9 Å². The van der Waals surface area contributed by atoms with Crippen molar-refractivity contribution in [2.75, 3.05) is 41.7 Å². The number of halogens is 1. The predicted octanol–water partition coefficient (Wildman–Crippen LogP) is 5.11. The van der Waals surface area contributed by atoms with Crippen LogP contribution in [-0.2, 0) is 0 Å². The minimum Gasteiger partial charge on any atom is -0.435 e. The zero-order valence-corrected chi connectivity index (χ0v) is 20.2. The maximum atomic E-state index is 6.49. The van der Waals surface area contributed by atoms with Gasteiger partial charge in [0.1, 0.15) is 17.5 Å². The molecule has 8 heteroatoms. The average molecular weight is 505 g/mol. The lowest BCUT2D eigenvalue weighted by molar-refractivity contribution is 0.468. The van der Waals surface area contributed by atoms with E-state index in [0.717, 1.165) is 41.6 Å². The SMILES string of the molecule is Cc1cccc(N2CCN(c3ncnc(Oc4ccc(Br)c5cccnc45)c3N)CC2)c1C. The molecule has 1 saturated heterocycles. The molecular formula is C25H25BrN6O. The van der Waals surface area contributed by atoms with E-state index in [1.807, 2.05) is 24.3 Å². The van der Waals surface area contributed by atoms with E-state index in [0.29, 0.717) is 23.1 Å². The van der Waals surface area contributed by atoms with Crippen molar-refractivity contribution in [3.63, 3.8) is 0 Å². The summed E-state index contributed by atoms with van der Waals surface area (Å²) >= 11 is 3.57. The molecule has 3 heterocycles. The molecule has 0 spiro atoms. The van der Waals surface area contributed by atoms with Crippen LogP contribution in [0.3, 0.4) is 0 Å². The van der Waals surface area contributed by atoms with Crippen molar-refractivity contribution >= 4 is 44.0 Å². The van der Waals surface area contributed by atoms with Crippen LogP contribution in [0, 0.1) is 13.8 Å². The zero-order chi connectivity index (χ0) is 22.9. The largest absolute Gasteiger partial charge is 0.435 e. The first kappa shape index (κ1) is 21.5. The van der Waals surface area contributed by atoms with Gasteiger partial charge in [-0.1, -0.05) is 34.1 Å². The van der Waals surface area contributed by atoms with Crippen LogP contribution < -0.4 is 20.3 Å². The summed E-state index contributed by atoms with van der Waals surface area (Å²) in [5.41, 5.74) is 11.6. The lowest BCUT2D eigenvalue weighted by atomic mass is 10.1. The second kappa shape index (κ2) is 8.86. The van der Waals surface area contributed by atoms with Crippen LogP contribution in [0.15, 0.2) is 59.5 Å². The molecule has 0 unspecified atom stereocenters. The van der Waals surface area contributed by atoms with Crippen molar-refractivity contribution in [2.45, 2.75) is 13.8 Å². The van der Waals surface area contributed by atoms with Gasteiger partial charge < -0.3 is 20.3 Å². The van der Waals surface area contributed by atoms with E-state index in [-0.39, 0.29) is 0 Å². The maximum absolute atomic E-state index is 6.49. The third-order valence-corrected chi connectivity index (χ3v) is 6.90. The van der Waals surface area contributed by atoms with E-state index in [1.165, 1.54) is 23.1 Å². The number of nitrogens with zero attached hydrogens (tertiary/aromatic N) is 5. The fourth-order valence-electron chi connectivity index (χ4n) is 4.24. The number of fused-ring (bicyclic) bond motifs is 1. The molecule has 2 N–H and O–H groups in total. The molecule has 0 saturated carbocycles. The quantitative estimate of drug-likeness (QED) is 0.413. The van der Waals surface area contributed by atoms with Gasteiger partial charge in [-0.15, -0.1) is 0 Å². The van der Waals surface area contributed by atoms with Gasteiger partial charge in [0, 0.05) is 47.9 Å². The number of hydrogen-bond donors (Lipinski definition) is 1. The molecule has 0 atom stereocenters. The number of pyridine rings is 1. The predicted molar refractivity (Wildman–Crippen MR) is 136 cm³/mol. The van der Waals surface area contributed by atoms with Crippen LogP contribution in [0.2, 0.25) is 0 Å². The topological polar surface area (TPSA) is 80.4 Å². The number of aromatic nitrogens is 3. The van der Waals surface area contributed by atoms with Crippen molar-refractivity contribution in [3.8, 4) is 11.6 Å². The lowest BCUT2D eigenvalue weighted by Gasteiger charge is -2.38. The Labute approximate surface area is 201 Å². The first-order chi connectivity index (χ1) is 16.0.